The first kappa shape index (κ1) is 17.3. The Morgan fingerprint density at radius 2 is 1.80 bits per heavy atom. The van der Waals surface area contributed by atoms with Gasteiger partial charge in [-0.15, -0.1) is 10.2 Å². The summed E-state index contributed by atoms with van der Waals surface area (Å²) in [4.78, 5) is -0.399. The second kappa shape index (κ2) is 6.08. The van der Waals surface area contributed by atoms with Crippen molar-refractivity contribution in [2.24, 2.45) is 0 Å². The van der Waals surface area contributed by atoms with Gasteiger partial charge >= 0.3 is 6.18 Å². The largest absolute Gasteiger partial charge is 0.408 e. The van der Waals surface area contributed by atoms with Crippen LogP contribution in [0.1, 0.15) is 11.6 Å². The van der Waals surface area contributed by atoms with Crippen LogP contribution in [-0.2, 0) is 10.0 Å². The van der Waals surface area contributed by atoms with Crippen LogP contribution in [0.25, 0.3) is 5.65 Å². The molecule has 2 heterocycles. The minimum absolute atomic E-state index is 0.160. The van der Waals surface area contributed by atoms with Crippen molar-refractivity contribution in [2.45, 2.75) is 17.1 Å². The summed E-state index contributed by atoms with van der Waals surface area (Å²) in [5, 5.41) is 7.21. The molecule has 0 saturated carbocycles. The van der Waals surface area contributed by atoms with Gasteiger partial charge in [0.2, 0.25) is 10.0 Å². The standard InChI is InChI=1S/C14H10F4N4O2S/c15-10-3-1-9(2-4-10)13(14(16,17)18)21-25(23,24)11-5-6-22-8-19-20-12(22)7-11/h1-8,13,21H/t13-/m1/s1. The molecule has 25 heavy (non-hydrogen) atoms. The van der Waals surface area contributed by atoms with Crippen LogP contribution in [0.5, 0.6) is 0 Å². The minimum atomic E-state index is -4.91. The van der Waals surface area contributed by atoms with Gasteiger partial charge in [0.25, 0.3) is 0 Å². The Balaban J connectivity index is 1.98. The number of nitrogens with one attached hydrogen (secondary N) is 1. The van der Waals surface area contributed by atoms with Crippen LogP contribution in [0.2, 0.25) is 0 Å². The van der Waals surface area contributed by atoms with E-state index >= 15 is 0 Å². The highest BCUT2D eigenvalue weighted by molar-refractivity contribution is 7.89. The zero-order valence-corrected chi connectivity index (χ0v) is 13.1. The zero-order chi connectivity index (χ0) is 18.2. The fraction of sp³-hybridized carbons (Fsp3) is 0.143. The maximum atomic E-state index is 13.3. The highest BCUT2D eigenvalue weighted by Crippen LogP contribution is 2.34. The molecule has 132 valence electrons. The van der Waals surface area contributed by atoms with Crippen LogP contribution < -0.4 is 4.72 Å². The van der Waals surface area contributed by atoms with Crippen molar-refractivity contribution in [1.29, 1.82) is 0 Å². The van der Waals surface area contributed by atoms with E-state index in [1.807, 2.05) is 0 Å². The SMILES string of the molecule is O=S(=O)(N[C@H](c1ccc(F)cc1)C(F)(F)F)c1ccn2cnnc2c1. The van der Waals surface area contributed by atoms with E-state index in [0.29, 0.717) is 0 Å². The summed E-state index contributed by atoms with van der Waals surface area (Å²) in [6, 6.07) is 3.08. The molecule has 0 aliphatic heterocycles. The van der Waals surface area contributed by atoms with Crippen molar-refractivity contribution in [3.05, 3.63) is 60.3 Å². The molecule has 0 radical (unpaired) electrons. The van der Waals surface area contributed by atoms with Gasteiger partial charge in [-0.05, 0) is 23.8 Å². The average Bonchev–Trinajstić information content (AvgIpc) is 3.00. The summed E-state index contributed by atoms with van der Waals surface area (Å²) in [7, 11) is -4.52. The van der Waals surface area contributed by atoms with Gasteiger partial charge in [0.1, 0.15) is 18.2 Å². The summed E-state index contributed by atoms with van der Waals surface area (Å²) in [5.41, 5.74) is -0.269. The fourth-order valence-electron chi connectivity index (χ4n) is 2.17. The maximum Gasteiger partial charge on any atom is 0.408 e. The van der Waals surface area contributed by atoms with E-state index in [4.69, 9.17) is 0 Å². The van der Waals surface area contributed by atoms with Crippen molar-refractivity contribution < 1.29 is 26.0 Å². The highest BCUT2D eigenvalue weighted by Gasteiger charge is 2.43. The van der Waals surface area contributed by atoms with Crippen molar-refractivity contribution in [1.82, 2.24) is 19.3 Å². The van der Waals surface area contributed by atoms with Crippen molar-refractivity contribution in [3.8, 4) is 0 Å². The predicted molar refractivity (Wildman–Crippen MR) is 78.5 cm³/mol. The zero-order valence-electron chi connectivity index (χ0n) is 12.3. The fourth-order valence-corrected chi connectivity index (χ4v) is 3.38. The number of benzene rings is 1. The van der Waals surface area contributed by atoms with Gasteiger partial charge in [-0.1, -0.05) is 12.1 Å². The van der Waals surface area contributed by atoms with Crippen LogP contribution in [0.4, 0.5) is 17.6 Å². The van der Waals surface area contributed by atoms with E-state index in [-0.39, 0.29) is 5.65 Å². The third-order valence-electron chi connectivity index (χ3n) is 3.39. The number of alkyl halides is 3. The minimum Gasteiger partial charge on any atom is -0.289 e. The van der Waals surface area contributed by atoms with Crippen molar-refractivity contribution in [3.63, 3.8) is 0 Å². The normalized spacial score (nSPS) is 13.9. The summed E-state index contributed by atoms with van der Waals surface area (Å²) in [6.07, 6.45) is -2.29. The van der Waals surface area contributed by atoms with Crippen LogP contribution in [-0.4, -0.2) is 29.2 Å². The van der Waals surface area contributed by atoms with E-state index in [9.17, 15) is 26.0 Å². The molecule has 2 aromatic heterocycles. The molecule has 0 amide bonds. The number of fused-ring (bicyclic) bond motifs is 1. The van der Waals surface area contributed by atoms with Gasteiger partial charge < -0.3 is 0 Å². The second-order valence-electron chi connectivity index (χ2n) is 5.11. The summed E-state index contributed by atoms with van der Waals surface area (Å²) < 4.78 is 80.6. The van der Waals surface area contributed by atoms with E-state index in [1.165, 1.54) is 16.9 Å². The molecule has 11 heteroatoms. The molecule has 1 aromatic carbocycles. The Hall–Kier alpha value is -2.53. The molecule has 0 fully saturated rings. The number of nitrogens with zero attached hydrogens (tertiary/aromatic N) is 3. The molecule has 1 atom stereocenters. The Labute approximate surface area is 139 Å². The monoisotopic (exact) mass is 374 g/mol. The quantitative estimate of drug-likeness (QED) is 0.712. The molecule has 3 rings (SSSR count). The van der Waals surface area contributed by atoms with Crippen LogP contribution >= 0.6 is 0 Å². The second-order valence-corrected chi connectivity index (χ2v) is 6.82. The molecular weight excluding hydrogens is 364 g/mol. The Bertz CT molecular complexity index is 1000. The smallest absolute Gasteiger partial charge is 0.289 e. The molecule has 0 unspecified atom stereocenters. The van der Waals surface area contributed by atoms with Gasteiger partial charge in [-0.2, -0.15) is 17.9 Å². The van der Waals surface area contributed by atoms with E-state index in [0.717, 1.165) is 36.4 Å². The van der Waals surface area contributed by atoms with Crippen molar-refractivity contribution in [2.75, 3.05) is 0 Å². The number of sulfonamides is 1. The number of pyridine rings is 1. The molecule has 0 bridgehead atoms. The van der Waals surface area contributed by atoms with Crippen LogP contribution in [0.15, 0.2) is 53.8 Å². The predicted octanol–water partition coefficient (Wildman–Crippen LogP) is 2.45. The van der Waals surface area contributed by atoms with Gasteiger partial charge in [0.05, 0.1) is 4.90 Å². The summed E-state index contributed by atoms with van der Waals surface area (Å²) in [6.45, 7) is 0. The van der Waals surface area contributed by atoms with E-state index < -0.39 is 38.5 Å². The van der Waals surface area contributed by atoms with Gasteiger partial charge in [0, 0.05) is 12.3 Å². The lowest BCUT2D eigenvalue weighted by Crippen LogP contribution is -2.38. The Kier molecular flexibility index (Phi) is 4.21. The molecule has 1 N–H and O–H groups in total. The van der Waals surface area contributed by atoms with Gasteiger partial charge in [-0.25, -0.2) is 12.8 Å². The molecule has 0 saturated heterocycles. The van der Waals surface area contributed by atoms with Gasteiger partial charge in [0.15, 0.2) is 5.65 Å². The molecule has 0 aliphatic carbocycles. The van der Waals surface area contributed by atoms with Gasteiger partial charge in [-0.3, -0.25) is 4.40 Å². The Morgan fingerprint density at radius 3 is 2.44 bits per heavy atom. The summed E-state index contributed by atoms with van der Waals surface area (Å²) >= 11 is 0. The number of hydrogen-bond acceptors (Lipinski definition) is 4. The van der Waals surface area contributed by atoms with E-state index in [2.05, 4.69) is 10.2 Å². The lowest BCUT2D eigenvalue weighted by molar-refractivity contribution is -0.153. The molecule has 0 spiro atoms. The lowest BCUT2D eigenvalue weighted by atomic mass is 10.1. The number of halogens is 4. The summed E-state index contributed by atoms with van der Waals surface area (Å²) in [5.74, 6) is -0.732. The third-order valence-corrected chi connectivity index (χ3v) is 4.81. The Morgan fingerprint density at radius 1 is 1.12 bits per heavy atom. The average molecular weight is 374 g/mol. The molecule has 6 nitrogen and oxygen atoms in total. The first-order valence-electron chi connectivity index (χ1n) is 6.81. The lowest BCUT2D eigenvalue weighted by Gasteiger charge is -2.22. The van der Waals surface area contributed by atoms with Crippen molar-refractivity contribution >= 4 is 15.7 Å². The first-order chi connectivity index (χ1) is 11.7. The van der Waals surface area contributed by atoms with Crippen LogP contribution in [0.3, 0.4) is 0 Å². The molecular formula is C14H10F4N4O2S. The molecule has 0 aliphatic rings. The highest BCUT2D eigenvalue weighted by atomic mass is 32.2. The molecule has 3 aromatic rings. The number of aromatic nitrogens is 3. The number of rotatable bonds is 4. The van der Waals surface area contributed by atoms with E-state index in [1.54, 1.807) is 4.72 Å². The third kappa shape index (κ3) is 3.61. The number of hydrogen-bond donors (Lipinski definition) is 1. The first-order valence-corrected chi connectivity index (χ1v) is 8.29. The van der Waals surface area contributed by atoms with Crippen LogP contribution in [0, 0.1) is 5.82 Å². The maximum absolute atomic E-state index is 13.3. The topological polar surface area (TPSA) is 76.4 Å².